The molecule has 0 saturated carbocycles. The first-order valence-corrected chi connectivity index (χ1v) is 9.72. The van der Waals surface area contributed by atoms with Crippen LogP contribution in [0.3, 0.4) is 0 Å². The summed E-state index contributed by atoms with van der Waals surface area (Å²) < 4.78 is 5.68. The van der Waals surface area contributed by atoms with E-state index in [2.05, 4.69) is 4.90 Å². The van der Waals surface area contributed by atoms with Gasteiger partial charge in [0.05, 0.1) is 5.56 Å². The van der Waals surface area contributed by atoms with Crippen LogP contribution in [-0.2, 0) is 0 Å². The first-order chi connectivity index (χ1) is 12.2. The van der Waals surface area contributed by atoms with Crippen LogP contribution in [-0.4, -0.2) is 61.1 Å². The van der Waals surface area contributed by atoms with Gasteiger partial charge in [0.25, 0.3) is 5.91 Å². The first-order valence-electron chi connectivity index (χ1n) is 9.35. The molecule has 0 aromatic heterocycles. The van der Waals surface area contributed by atoms with E-state index in [0.717, 1.165) is 39.0 Å². The SMILES string of the molecule is NCCOc1ccc(Cl)cc1C(=O)N1CCCC[C@H]1CN1CCCC1. The van der Waals surface area contributed by atoms with Crippen LogP contribution >= 0.6 is 11.6 Å². The van der Waals surface area contributed by atoms with Crippen molar-refractivity contribution in [2.75, 3.05) is 39.3 Å². The van der Waals surface area contributed by atoms with Gasteiger partial charge in [0.1, 0.15) is 12.4 Å². The molecule has 1 aromatic rings. The molecule has 2 aliphatic rings. The molecule has 1 amide bonds. The van der Waals surface area contributed by atoms with E-state index in [-0.39, 0.29) is 11.9 Å². The molecule has 0 unspecified atom stereocenters. The lowest BCUT2D eigenvalue weighted by atomic mass is 10.00. The van der Waals surface area contributed by atoms with Crippen LogP contribution in [0.1, 0.15) is 42.5 Å². The van der Waals surface area contributed by atoms with E-state index < -0.39 is 0 Å². The number of rotatable bonds is 6. The number of carbonyl (C=O) groups is 1. The number of ether oxygens (including phenoxy) is 1. The predicted octanol–water partition coefficient (Wildman–Crippen LogP) is 2.77. The lowest BCUT2D eigenvalue weighted by Crippen LogP contribution is -2.49. The summed E-state index contributed by atoms with van der Waals surface area (Å²) >= 11 is 6.15. The van der Waals surface area contributed by atoms with Gasteiger partial charge in [-0.25, -0.2) is 0 Å². The Morgan fingerprint density at radius 1 is 1.20 bits per heavy atom. The van der Waals surface area contributed by atoms with Gasteiger partial charge in [0, 0.05) is 30.7 Å². The maximum Gasteiger partial charge on any atom is 0.257 e. The normalized spacial score (nSPS) is 21.5. The number of likely N-dealkylation sites (tertiary alicyclic amines) is 2. The Kier molecular flexibility index (Phi) is 6.57. The number of hydrogen-bond donors (Lipinski definition) is 1. The number of nitrogens with two attached hydrogens (primary N) is 1. The fraction of sp³-hybridized carbons (Fsp3) is 0.632. The summed E-state index contributed by atoms with van der Waals surface area (Å²) in [4.78, 5) is 17.8. The zero-order chi connectivity index (χ0) is 17.6. The Hall–Kier alpha value is -1.30. The smallest absolute Gasteiger partial charge is 0.257 e. The van der Waals surface area contributed by atoms with Crippen LogP contribution < -0.4 is 10.5 Å². The third kappa shape index (κ3) is 4.66. The molecule has 0 aliphatic carbocycles. The predicted molar refractivity (Wildman–Crippen MR) is 100 cm³/mol. The molecule has 0 bridgehead atoms. The fourth-order valence-electron chi connectivity index (χ4n) is 3.84. The first kappa shape index (κ1) is 18.5. The number of hydrogen-bond acceptors (Lipinski definition) is 4. The lowest BCUT2D eigenvalue weighted by molar-refractivity contribution is 0.0556. The second kappa shape index (κ2) is 8.88. The zero-order valence-corrected chi connectivity index (χ0v) is 15.5. The minimum absolute atomic E-state index is 0.0263. The van der Waals surface area contributed by atoms with Gasteiger partial charge in [0.2, 0.25) is 0 Å². The molecule has 138 valence electrons. The van der Waals surface area contributed by atoms with Gasteiger partial charge in [-0.2, -0.15) is 0 Å². The Morgan fingerprint density at radius 2 is 1.96 bits per heavy atom. The van der Waals surface area contributed by atoms with Gasteiger partial charge < -0.3 is 20.3 Å². The molecule has 25 heavy (non-hydrogen) atoms. The monoisotopic (exact) mass is 365 g/mol. The molecule has 3 rings (SSSR count). The molecule has 2 fully saturated rings. The molecule has 0 radical (unpaired) electrons. The van der Waals surface area contributed by atoms with Crippen molar-refractivity contribution in [1.82, 2.24) is 9.80 Å². The zero-order valence-electron chi connectivity index (χ0n) is 14.8. The van der Waals surface area contributed by atoms with Gasteiger partial charge in [-0.05, 0) is 63.4 Å². The Labute approximate surface area is 155 Å². The van der Waals surface area contributed by atoms with Crippen molar-refractivity contribution in [2.24, 2.45) is 5.73 Å². The van der Waals surface area contributed by atoms with E-state index in [1.807, 2.05) is 4.90 Å². The summed E-state index contributed by atoms with van der Waals surface area (Å²) in [5.74, 6) is 0.601. The highest BCUT2D eigenvalue weighted by molar-refractivity contribution is 6.31. The maximum atomic E-state index is 13.3. The molecule has 1 atom stereocenters. The maximum absolute atomic E-state index is 13.3. The van der Waals surface area contributed by atoms with Crippen LogP contribution in [0.15, 0.2) is 18.2 Å². The van der Waals surface area contributed by atoms with Gasteiger partial charge in [-0.3, -0.25) is 4.79 Å². The minimum atomic E-state index is 0.0263. The van der Waals surface area contributed by atoms with Crippen LogP contribution in [0.25, 0.3) is 0 Å². The number of amides is 1. The molecule has 6 heteroatoms. The molecular formula is C19H28ClN3O2. The number of piperidine rings is 1. The number of benzene rings is 1. The van der Waals surface area contributed by atoms with E-state index in [1.165, 1.54) is 19.3 Å². The molecule has 5 nitrogen and oxygen atoms in total. The van der Waals surface area contributed by atoms with Gasteiger partial charge >= 0.3 is 0 Å². The fourth-order valence-corrected chi connectivity index (χ4v) is 4.01. The molecule has 2 saturated heterocycles. The number of halogens is 1. The Bertz CT molecular complexity index is 590. The van der Waals surface area contributed by atoms with Crippen molar-refractivity contribution in [3.8, 4) is 5.75 Å². The van der Waals surface area contributed by atoms with Crippen molar-refractivity contribution in [3.63, 3.8) is 0 Å². The summed E-state index contributed by atoms with van der Waals surface area (Å²) in [6, 6.07) is 5.52. The second-order valence-electron chi connectivity index (χ2n) is 6.93. The lowest BCUT2D eigenvalue weighted by Gasteiger charge is -2.38. The van der Waals surface area contributed by atoms with Crippen molar-refractivity contribution in [2.45, 2.75) is 38.1 Å². The molecule has 2 aliphatic heterocycles. The largest absolute Gasteiger partial charge is 0.491 e. The van der Waals surface area contributed by atoms with Gasteiger partial charge in [-0.1, -0.05) is 11.6 Å². The molecule has 2 heterocycles. The van der Waals surface area contributed by atoms with E-state index in [4.69, 9.17) is 22.1 Å². The summed E-state index contributed by atoms with van der Waals surface area (Å²) in [6.45, 7) is 4.89. The third-order valence-electron chi connectivity index (χ3n) is 5.10. The number of carbonyl (C=O) groups excluding carboxylic acids is 1. The Morgan fingerprint density at radius 3 is 2.72 bits per heavy atom. The van der Waals surface area contributed by atoms with Crippen molar-refractivity contribution < 1.29 is 9.53 Å². The number of nitrogens with zero attached hydrogens (tertiary/aromatic N) is 2. The van der Waals surface area contributed by atoms with Gasteiger partial charge in [0.15, 0.2) is 0 Å². The summed E-state index contributed by atoms with van der Waals surface area (Å²) in [5.41, 5.74) is 6.09. The highest BCUT2D eigenvalue weighted by atomic mass is 35.5. The summed E-state index contributed by atoms with van der Waals surface area (Å²) in [5, 5.41) is 0.552. The van der Waals surface area contributed by atoms with Crippen molar-refractivity contribution in [1.29, 1.82) is 0 Å². The molecule has 1 aromatic carbocycles. The average molecular weight is 366 g/mol. The summed E-state index contributed by atoms with van der Waals surface area (Å²) in [7, 11) is 0. The molecular weight excluding hydrogens is 338 g/mol. The Balaban J connectivity index is 1.78. The van der Waals surface area contributed by atoms with Crippen molar-refractivity contribution in [3.05, 3.63) is 28.8 Å². The van der Waals surface area contributed by atoms with E-state index in [0.29, 0.717) is 29.5 Å². The third-order valence-corrected chi connectivity index (χ3v) is 5.34. The van der Waals surface area contributed by atoms with Crippen LogP contribution in [0, 0.1) is 0 Å². The van der Waals surface area contributed by atoms with E-state index in [9.17, 15) is 4.79 Å². The average Bonchev–Trinajstić information content (AvgIpc) is 3.13. The quantitative estimate of drug-likeness (QED) is 0.842. The summed E-state index contributed by atoms with van der Waals surface area (Å²) in [6.07, 6.45) is 5.86. The van der Waals surface area contributed by atoms with Crippen LogP contribution in [0.4, 0.5) is 0 Å². The molecule has 0 spiro atoms. The second-order valence-corrected chi connectivity index (χ2v) is 7.37. The molecule has 2 N–H and O–H groups in total. The van der Waals surface area contributed by atoms with Crippen LogP contribution in [0.2, 0.25) is 5.02 Å². The minimum Gasteiger partial charge on any atom is -0.491 e. The van der Waals surface area contributed by atoms with E-state index >= 15 is 0 Å². The topological polar surface area (TPSA) is 58.8 Å². The standard InChI is InChI=1S/C19H28ClN3O2/c20-15-6-7-18(25-12-8-21)17(13-15)19(24)23-11-2-1-5-16(23)14-22-9-3-4-10-22/h6-7,13,16H,1-5,8-12,14,21H2/t16-/m0/s1. The van der Waals surface area contributed by atoms with Crippen LogP contribution in [0.5, 0.6) is 5.75 Å². The van der Waals surface area contributed by atoms with Crippen molar-refractivity contribution >= 4 is 17.5 Å². The highest BCUT2D eigenvalue weighted by Crippen LogP contribution is 2.28. The highest BCUT2D eigenvalue weighted by Gasteiger charge is 2.31. The van der Waals surface area contributed by atoms with Gasteiger partial charge in [-0.15, -0.1) is 0 Å². The van der Waals surface area contributed by atoms with E-state index in [1.54, 1.807) is 18.2 Å².